The van der Waals surface area contributed by atoms with E-state index in [4.69, 9.17) is 9.47 Å². The molecule has 1 unspecified atom stereocenters. The molecule has 6 nitrogen and oxygen atoms in total. The van der Waals surface area contributed by atoms with Gasteiger partial charge in [0.25, 0.3) is 0 Å². The number of nitrogens with one attached hydrogen (secondary N) is 1. The topological polar surface area (TPSA) is 67.9 Å². The Balaban J connectivity index is 1.38. The normalized spacial score (nSPS) is 20.5. The van der Waals surface area contributed by atoms with Crippen molar-refractivity contribution in [3.63, 3.8) is 0 Å². The number of carbonyl (C=O) groups is 2. The van der Waals surface area contributed by atoms with E-state index in [9.17, 15) is 9.59 Å². The van der Waals surface area contributed by atoms with Crippen LogP contribution >= 0.6 is 0 Å². The highest BCUT2D eigenvalue weighted by atomic mass is 16.6. The lowest BCUT2D eigenvalue weighted by atomic mass is 9.88. The van der Waals surface area contributed by atoms with Gasteiger partial charge >= 0.3 is 11.9 Å². The van der Waals surface area contributed by atoms with Gasteiger partial charge in [0.2, 0.25) is 0 Å². The Morgan fingerprint density at radius 1 is 0.944 bits per heavy atom. The van der Waals surface area contributed by atoms with E-state index in [2.05, 4.69) is 70.9 Å². The number of benzene rings is 2. The van der Waals surface area contributed by atoms with Gasteiger partial charge in [-0.3, -0.25) is 4.90 Å². The lowest BCUT2D eigenvalue weighted by Gasteiger charge is -2.28. The van der Waals surface area contributed by atoms with E-state index in [0.29, 0.717) is 29.3 Å². The summed E-state index contributed by atoms with van der Waals surface area (Å²) in [6.45, 7) is 8.14. The molecule has 1 atom stereocenters. The quantitative estimate of drug-likeness (QED) is 0.532. The number of hydrogen-bond donors (Lipinski definition) is 1. The van der Waals surface area contributed by atoms with Gasteiger partial charge < -0.3 is 14.8 Å². The van der Waals surface area contributed by atoms with E-state index in [1.54, 1.807) is 0 Å². The zero-order valence-corrected chi connectivity index (χ0v) is 21.7. The molecule has 190 valence electrons. The van der Waals surface area contributed by atoms with Gasteiger partial charge in [-0.1, -0.05) is 60.7 Å². The first-order valence-corrected chi connectivity index (χ1v) is 12.6. The van der Waals surface area contributed by atoms with Crippen LogP contribution in [0.4, 0.5) is 0 Å². The van der Waals surface area contributed by atoms with Crippen molar-refractivity contribution in [2.75, 3.05) is 26.7 Å². The number of esters is 2. The number of likely N-dealkylation sites (tertiary alicyclic amines) is 1. The smallest absolute Gasteiger partial charge is 0.336 e. The van der Waals surface area contributed by atoms with Crippen LogP contribution < -0.4 is 5.32 Å². The Hall–Kier alpha value is -3.38. The predicted octanol–water partition coefficient (Wildman–Crippen LogP) is 4.93. The number of dihydropyridines is 1. The molecule has 4 rings (SSSR count). The van der Waals surface area contributed by atoms with Gasteiger partial charge in [0, 0.05) is 43.2 Å². The fourth-order valence-electron chi connectivity index (χ4n) is 5.24. The molecule has 2 aromatic rings. The van der Waals surface area contributed by atoms with E-state index in [-0.39, 0.29) is 12.4 Å². The van der Waals surface area contributed by atoms with Crippen LogP contribution in [0.15, 0.2) is 83.2 Å². The predicted molar refractivity (Wildman–Crippen MR) is 140 cm³/mol. The molecule has 1 N–H and O–H groups in total. The average Bonchev–Trinajstić information content (AvgIpc) is 3.25. The fraction of sp³-hybridized carbons (Fsp3) is 0.400. The van der Waals surface area contributed by atoms with Crippen LogP contribution in [0.5, 0.6) is 0 Å². The molecule has 0 radical (unpaired) electrons. The second-order valence-corrected chi connectivity index (χ2v) is 10.0. The summed E-state index contributed by atoms with van der Waals surface area (Å²) in [5.41, 5.74) is 4.43. The second-order valence-electron chi connectivity index (χ2n) is 10.0. The first kappa shape index (κ1) is 25.7. The molecule has 2 aliphatic rings. The van der Waals surface area contributed by atoms with Crippen LogP contribution in [0, 0.1) is 0 Å². The molecule has 6 heteroatoms. The number of rotatable bonds is 8. The first-order chi connectivity index (χ1) is 17.3. The van der Waals surface area contributed by atoms with Crippen molar-refractivity contribution in [1.82, 2.24) is 10.2 Å². The average molecular weight is 489 g/mol. The van der Waals surface area contributed by atoms with Crippen molar-refractivity contribution in [2.24, 2.45) is 0 Å². The Kier molecular flexibility index (Phi) is 7.94. The van der Waals surface area contributed by atoms with Crippen molar-refractivity contribution in [3.8, 4) is 0 Å². The Morgan fingerprint density at radius 3 is 2.06 bits per heavy atom. The summed E-state index contributed by atoms with van der Waals surface area (Å²) in [6, 6.07) is 21.3. The van der Waals surface area contributed by atoms with Gasteiger partial charge in [-0.05, 0) is 44.9 Å². The highest BCUT2D eigenvalue weighted by Crippen LogP contribution is 2.32. The Bertz CT molecular complexity index is 1120. The molecule has 1 saturated heterocycles. The van der Waals surface area contributed by atoms with Crippen molar-refractivity contribution in [1.29, 1.82) is 0 Å². The minimum absolute atomic E-state index is 0.214. The SMILES string of the molecule is COC(=O)C1=C(C)NC(C)=C(C(=O)OC2(C)CCN(CCC(c3ccccc3)c3ccccc3)C2)C1. The van der Waals surface area contributed by atoms with E-state index in [1.165, 1.54) is 18.2 Å². The maximum absolute atomic E-state index is 13.2. The van der Waals surface area contributed by atoms with Crippen LogP contribution in [-0.4, -0.2) is 49.2 Å². The standard InChI is InChI=1S/C30H36N2O4/c1-21-26(28(33)35-4)19-27(22(2)31-21)29(34)36-30(3)16-18-32(20-30)17-15-25(23-11-7-5-8-12-23)24-13-9-6-10-14-24/h5-14,25,31H,15-20H2,1-4H3. The largest absolute Gasteiger partial charge is 0.466 e. The molecular formula is C30H36N2O4. The Morgan fingerprint density at radius 2 is 1.50 bits per heavy atom. The number of allylic oxidation sites excluding steroid dienone is 2. The minimum Gasteiger partial charge on any atom is -0.466 e. The van der Waals surface area contributed by atoms with Gasteiger partial charge in [0.05, 0.1) is 18.3 Å². The summed E-state index contributed by atoms with van der Waals surface area (Å²) in [7, 11) is 1.35. The highest BCUT2D eigenvalue weighted by molar-refractivity contribution is 5.96. The molecule has 0 bridgehead atoms. The van der Waals surface area contributed by atoms with Gasteiger partial charge in [0.1, 0.15) is 5.60 Å². The van der Waals surface area contributed by atoms with E-state index in [1.807, 2.05) is 20.8 Å². The van der Waals surface area contributed by atoms with E-state index >= 15 is 0 Å². The van der Waals surface area contributed by atoms with Crippen molar-refractivity contribution in [2.45, 2.75) is 51.6 Å². The highest BCUT2D eigenvalue weighted by Gasteiger charge is 2.39. The maximum Gasteiger partial charge on any atom is 0.336 e. The van der Waals surface area contributed by atoms with Gasteiger partial charge in [-0.2, -0.15) is 0 Å². The number of methoxy groups -OCH3 is 1. The number of nitrogens with zero attached hydrogens (tertiary/aromatic N) is 1. The van der Waals surface area contributed by atoms with Crippen LogP contribution in [0.1, 0.15) is 57.1 Å². The molecule has 0 saturated carbocycles. The summed E-state index contributed by atoms with van der Waals surface area (Å²) in [4.78, 5) is 27.7. The van der Waals surface area contributed by atoms with Gasteiger partial charge in [-0.15, -0.1) is 0 Å². The van der Waals surface area contributed by atoms with E-state index in [0.717, 1.165) is 31.6 Å². The number of ether oxygens (including phenoxy) is 2. The van der Waals surface area contributed by atoms with Crippen molar-refractivity contribution >= 4 is 11.9 Å². The minimum atomic E-state index is -0.568. The first-order valence-electron chi connectivity index (χ1n) is 12.6. The molecule has 36 heavy (non-hydrogen) atoms. The zero-order valence-electron chi connectivity index (χ0n) is 21.7. The molecule has 0 amide bonds. The molecule has 2 aromatic carbocycles. The van der Waals surface area contributed by atoms with Crippen LogP contribution in [0.2, 0.25) is 0 Å². The van der Waals surface area contributed by atoms with E-state index < -0.39 is 11.6 Å². The third kappa shape index (κ3) is 5.88. The third-order valence-electron chi connectivity index (χ3n) is 7.30. The summed E-state index contributed by atoms with van der Waals surface area (Å²) in [6.07, 6.45) is 1.98. The lowest BCUT2D eigenvalue weighted by Crippen LogP contribution is -2.37. The summed E-state index contributed by atoms with van der Waals surface area (Å²) < 4.78 is 10.9. The molecular weight excluding hydrogens is 452 g/mol. The molecule has 0 aromatic heterocycles. The van der Waals surface area contributed by atoms with Gasteiger partial charge in [-0.25, -0.2) is 9.59 Å². The monoisotopic (exact) mass is 488 g/mol. The van der Waals surface area contributed by atoms with Crippen LogP contribution in [0.25, 0.3) is 0 Å². The zero-order chi connectivity index (χ0) is 25.7. The summed E-state index contributed by atoms with van der Waals surface area (Å²) in [5.74, 6) is -0.484. The molecule has 1 fully saturated rings. The fourth-order valence-corrected chi connectivity index (χ4v) is 5.24. The molecule has 0 aliphatic carbocycles. The second kappa shape index (κ2) is 11.1. The maximum atomic E-state index is 13.2. The number of carbonyl (C=O) groups excluding carboxylic acids is 2. The van der Waals surface area contributed by atoms with Gasteiger partial charge in [0.15, 0.2) is 0 Å². The van der Waals surface area contributed by atoms with Crippen LogP contribution in [0.3, 0.4) is 0 Å². The summed E-state index contributed by atoms with van der Waals surface area (Å²) in [5, 5.41) is 3.13. The molecule has 2 heterocycles. The Labute approximate surface area is 214 Å². The lowest BCUT2D eigenvalue weighted by molar-refractivity contribution is -0.152. The van der Waals surface area contributed by atoms with Crippen molar-refractivity contribution in [3.05, 3.63) is 94.3 Å². The molecule has 0 spiro atoms. The third-order valence-corrected chi connectivity index (χ3v) is 7.30. The number of hydrogen-bond acceptors (Lipinski definition) is 6. The van der Waals surface area contributed by atoms with Crippen molar-refractivity contribution < 1.29 is 19.1 Å². The molecule has 2 aliphatic heterocycles. The summed E-state index contributed by atoms with van der Waals surface area (Å²) >= 11 is 0. The van der Waals surface area contributed by atoms with Crippen LogP contribution in [-0.2, 0) is 19.1 Å².